The number of ketones is 1. The van der Waals surface area contributed by atoms with Crippen molar-refractivity contribution < 1.29 is 19.2 Å². The fourth-order valence-electron chi connectivity index (χ4n) is 3.48. The van der Waals surface area contributed by atoms with Crippen molar-refractivity contribution in [3.05, 3.63) is 75.6 Å². The lowest BCUT2D eigenvalue weighted by Gasteiger charge is -2.21. The fraction of sp³-hybridized carbons (Fsp3) is 0.136. The molecule has 3 amide bonds. The van der Waals surface area contributed by atoms with Crippen LogP contribution in [0.2, 0.25) is 0 Å². The number of anilines is 1. The van der Waals surface area contributed by atoms with Gasteiger partial charge in [0.25, 0.3) is 11.8 Å². The molecule has 2 aromatic carbocycles. The zero-order valence-electron chi connectivity index (χ0n) is 16.2. The lowest BCUT2D eigenvalue weighted by atomic mass is 10.1. The Morgan fingerprint density at radius 1 is 1.00 bits per heavy atom. The summed E-state index contributed by atoms with van der Waals surface area (Å²) in [4.78, 5) is 65.8. The summed E-state index contributed by atoms with van der Waals surface area (Å²) in [6.45, 7) is 2.75. The first-order valence-corrected chi connectivity index (χ1v) is 9.23. The Kier molecular flexibility index (Phi) is 4.54. The number of carbonyl (C=O) groups excluding carboxylic acids is 4. The van der Waals surface area contributed by atoms with E-state index in [2.05, 4.69) is 10.3 Å². The van der Waals surface area contributed by atoms with Crippen LogP contribution in [0, 0.1) is 0 Å². The van der Waals surface area contributed by atoms with E-state index in [0.29, 0.717) is 11.2 Å². The van der Waals surface area contributed by atoms with Gasteiger partial charge in [-0.3, -0.25) is 28.9 Å². The average molecular weight is 403 g/mol. The quantitative estimate of drug-likeness (QED) is 0.512. The van der Waals surface area contributed by atoms with Crippen LogP contribution in [0.4, 0.5) is 5.69 Å². The predicted octanol–water partition coefficient (Wildman–Crippen LogP) is 2.35. The molecule has 1 aliphatic heterocycles. The molecule has 3 aromatic rings. The zero-order valence-corrected chi connectivity index (χ0v) is 16.2. The summed E-state index contributed by atoms with van der Waals surface area (Å²) in [5, 5.41) is 2.88. The maximum absolute atomic E-state index is 12.7. The smallest absolute Gasteiger partial charge is 0.262 e. The topological polar surface area (TPSA) is 116 Å². The van der Waals surface area contributed by atoms with Crippen molar-refractivity contribution >= 4 is 40.1 Å². The van der Waals surface area contributed by atoms with Crippen molar-refractivity contribution in [2.75, 3.05) is 5.32 Å². The Bertz CT molecular complexity index is 1270. The van der Waals surface area contributed by atoms with E-state index in [1.807, 2.05) is 0 Å². The molecule has 0 saturated carbocycles. The van der Waals surface area contributed by atoms with E-state index in [9.17, 15) is 24.0 Å². The van der Waals surface area contributed by atoms with Crippen LogP contribution in [-0.2, 0) is 4.79 Å². The number of carbonyl (C=O) groups is 4. The molecular weight excluding hydrogens is 386 g/mol. The van der Waals surface area contributed by atoms with Gasteiger partial charge in [-0.05, 0) is 44.2 Å². The number of pyridine rings is 1. The van der Waals surface area contributed by atoms with Gasteiger partial charge in [0.2, 0.25) is 5.91 Å². The fourth-order valence-corrected chi connectivity index (χ4v) is 3.48. The highest BCUT2D eigenvalue weighted by Gasteiger charge is 2.40. The standard InChI is InChI=1S/C22H17N3O5/c1-11(25-21(29)14-5-3-4-6-15(14)22(25)30)20(28)24-13-7-8-18-16(9-13)19(27)17(10-23-18)12(2)26/h3-11H,1-2H3,(H,23,27)(H,24,28)/t11-/m0/s1. The highest BCUT2D eigenvalue weighted by atomic mass is 16.2. The van der Waals surface area contributed by atoms with E-state index < -0.39 is 29.2 Å². The third kappa shape index (κ3) is 2.98. The van der Waals surface area contributed by atoms with Crippen LogP contribution in [0.1, 0.15) is 44.9 Å². The molecule has 0 saturated heterocycles. The second-order valence-corrected chi connectivity index (χ2v) is 7.04. The van der Waals surface area contributed by atoms with E-state index in [4.69, 9.17) is 0 Å². The largest absolute Gasteiger partial charge is 0.360 e. The molecule has 0 spiro atoms. The van der Waals surface area contributed by atoms with Gasteiger partial charge in [-0.25, -0.2) is 0 Å². The average Bonchev–Trinajstić information content (AvgIpc) is 2.98. The second kappa shape index (κ2) is 7.07. The van der Waals surface area contributed by atoms with E-state index in [1.165, 1.54) is 26.1 Å². The lowest BCUT2D eigenvalue weighted by molar-refractivity contribution is -0.119. The molecule has 0 radical (unpaired) electrons. The molecule has 8 heteroatoms. The molecule has 2 heterocycles. The Hall–Kier alpha value is -4.07. The Labute approximate surface area is 170 Å². The number of nitrogens with one attached hydrogen (secondary N) is 2. The minimum Gasteiger partial charge on any atom is -0.360 e. The molecular formula is C22H17N3O5. The number of imide groups is 1. The van der Waals surface area contributed by atoms with Gasteiger partial charge >= 0.3 is 0 Å². The predicted molar refractivity (Wildman–Crippen MR) is 110 cm³/mol. The second-order valence-electron chi connectivity index (χ2n) is 7.04. The van der Waals surface area contributed by atoms with Crippen LogP contribution in [-0.4, -0.2) is 39.4 Å². The van der Waals surface area contributed by atoms with Crippen molar-refractivity contribution in [1.82, 2.24) is 9.88 Å². The number of aromatic nitrogens is 1. The van der Waals surface area contributed by atoms with Crippen LogP contribution in [0.15, 0.2) is 53.5 Å². The number of hydrogen-bond donors (Lipinski definition) is 2. The van der Waals surface area contributed by atoms with Crippen LogP contribution in [0.5, 0.6) is 0 Å². The van der Waals surface area contributed by atoms with Gasteiger partial charge < -0.3 is 10.3 Å². The minimum absolute atomic E-state index is 0.0189. The first-order chi connectivity index (χ1) is 14.3. The van der Waals surface area contributed by atoms with Gasteiger partial charge in [0.05, 0.1) is 16.7 Å². The summed E-state index contributed by atoms with van der Waals surface area (Å²) in [7, 11) is 0. The van der Waals surface area contributed by atoms with Crippen LogP contribution in [0.25, 0.3) is 10.9 Å². The molecule has 4 rings (SSSR count). The number of nitrogens with zero attached hydrogens (tertiary/aromatic N) is 1. The maximum atomic E-state index is 12.7. The summed E-state index contributed by atoms with van der Waals surface area (Å²) < 4.78 is 0. The number of fused-ring (bicyclic) bond motifs is 2. The van der Waals surface area contributed by atoms with E-state index in [-0.39, 0.29) is 27.9 Å². The minimum atomic E-state index is -1.06. The molecule has 0 unspecified atom stereocenters. The van der Waals surface area contributed by atoms with E-state index in [1.54, 1.807) is 36.4 Å². The zero-order chi connectivity index (χ0) is 21.6. The monoisotopic (exact) mass is 403 g/mol. The molecule has 1 aliphatic rings. The normalized spacial score (nSPS) is 14.0. The molecule has 0 bridgehead atoms. The number of hydrogen-bond acceptors (Lipinski definition) is 5. The van der Waals surface area contributed by atoms with Crippen molar-refractivity contribution in [2.24, 2.45) is 0 Å². The van der Waals surface area contributed by atoms with Gasteiger partial charge in [-0.15, -0.1) is 0 Å². The number of rotatable bonds is 4. The van der Waals surface area contributed by atoms with Crippen molar-refractivity contribution in [1.29, 1.82) is 0 Å². The third-order valence-electron chi connectivity index (χ3n) is 5.12. The molecule has 30 heavy (non-hydrogen) atoms. The highest BCUT2D eigenvalue weighted by molar-refractivity contribution is 6.23. The number of benzene rings is 2. The number of H-pyrrole nitrogens is 1. The van der Waals surface area contributed by atoms with Crippen LogP contribution in [0.3, 0.4) is 0 Å². The van der Waals surface area contributed by atoms with Crippen molar-refractivity contribution in [3.8, 4) is 0 Å². The van der Waals surface area contributed by atoms with Gasteiger partial charge in [0.1, 0.15) is 6.04 Å². The van der Waals surface area contributed by atoms with E-state index in [0.717, 1.165) is 4.90 Å². The van der Waals surface area contributed by atoms with Crippen LogP contribution >= 0.6 is 0 Å². The first-order valence-electron chi connectivity index (χ1n) is 9.23. The number of aromatic amines is 1. The van der Waals surface area contributed by atoms with E-state index >= 15 is 0 Å². The molecule has 1 atom stereocenters. The summed E-state index contributed by atoms with van der Waals surface area (Å²) in [6, 6.07) is 9.97. The van der Waals surface area contributed by atoms with Gasteiger partial charge in [0.15, 0.2) is 11.2 Å². The number of Topliss-reactive ketones (excluding diaryl/α,β-unsaturated/α-hetero) is 1. The summed E-state index contributed by atoms with van der Waals surface area (Å²) in [5.74, 6) is -2.01. The van der Waals surface area contributed by atoms with Gasteiger partial charge in [0, 0.05) is 22.8 Å². The Morgan fingerprint density at radius 2 is 1.63 bits per heavy atom. The third-order valence-corrected chi connectivity index (χ3v) is 5.12. The lowest BCUT2D eigenvalue weighted by Crippen LogP contribution is -2.45. The summed E-state index contributed by atoms with van der Waals surface area (Å²) >= 11 is 0. The van der Waals surface area contributed by atoms with Gasteiger partial charge in [-0.1, -0.05) is 12.1 Å². The number of amides is 3. The SMILES string of the molecule is CC(=O)c1c[nH]c2ccc(NC(=O)[C@H](C)N3C(=O)c4ccccc4C3=O)cc2c1=O. The van der Waals surface area contributed by atoms with Crippen LogP contribution < -0.4 is 10.7 Å². The Morgan fingerprint density at radius 3 is 2.23 bits per heavy atom. The Balaban J connectivity index is 1.61. The van der Waals surface area contributed by atoms with Gasteiger partial charge in [-0.2, -0.15) is 0 Å². The first kappa shape index (κ1) is 19.3. The highest BCUT2D eigenvalue weighted by Crippen LogP contribution is 2.25. The summed E-state index contributed by atoms with van der Waals surface area (Å²) in [5.41, 5.74) is 0.914. The molecule has 1 aromatic heterocycles. The van der Waals surface area contributed by atoms with Crippen molar-refractivity contribution in [3.63, 3.8) is 0 Å². The summed E-state index contributed by atoms with van der Waals surface area (Å²) in [6.07, 6.45) is 1.36. The molecule has 0 aliphatic carbocycles. The maximum Gasteiger partial charge on any atom is 0.262 e. The van der Waals surface area contributed by atoms with Crippen molar-refractivity contribution in [2.45, 2.75) is 19.9 Å². The molecule has 150 valence electrons. The molecule has 8 nitrogen and oxygen atoms in total. The molecule has 2 N–H and O–H groups in total. The molecule has 0 fully saturated rings.